The van der Waals surface area contributed by atoms with Crippen molar-refractivity contribution in [3.05, 3.63) is 58.1 Å². The van der Waals surface area contributed by atoms with Gasteiger partial charge < -0.3 is 10.3 Å². The minimum atomic E-state index is -0.538. The number of nitrogens with one attached hydrogen (secondary N) is 3. The Balaban J connectivity index is 1.88. The van der Waals surface area contributed by atoms with E-state index in [1.807, 2.05) is 24.3 Å². The third-order valence-corrected chi connectivity index (χ3v) is 3.35. The van der Waals surface area contributed by atoms with Crippen LogP contribution >= 0.6 is 0 Å². The molecule has 0 saturated heterocycles. The third-order valence-electron chi connectivity index (χ3n) is 3.35. The topological polar surface area (TPSA) is 113 Å². The van der Waals surface area contributed by atoms with Crippen LogP contribution in [-0.4, -0.2) is 27.8 Å². The Morgan fingerprint density at radius 2 is 2.04 bits per heavy atom. The van der Waals surface area contributed by atoms with E-state index >= 15 is 0 Å². The number of aromatic nitrogens is 2. The van der Waals surface area contributed by atoms with Crippen molar-refractivity contribution < 1.29 is 9.72 Å². The average molecular weight is 311 g/mol. The summed E-state index contributed by atoms with van der Waals surface area (Å²) in [6.07, 6.45) is 0. The maximum absolute atomic E-state index is 12.3. The molecule has 0 unspecified atom stereocenters. The summed E-state index contributed by atoms with van der Waals surface area (Å²) in [5.41, 5.74) is 1.87. The van der Waals surface area contributed by atoms with E-state index < -0.39 is 10.8 Å². The van der Waals surface area contributed by atoms with Gasteiger partial charge in [-0.2, -0.15) is 0 Å². The summed E-state index contributed by atoms with van der Waals surface area (Å²) in [5, 5.41) is 16.4. The summed E-state index contributed by atoms with van der Waals surface area (Å²) in [5.74, 6) is -0.189. The molecule has 0 aliphatic rings. The first kappa shape index (κ1) is 14.5. The SMILES string of the molecule is CNc1ccc(C(=O)Nc2nc3ccccc3[nH]2)cc1[N+](=O)[O-]. The molecular weight excluding hydrogens is 298 g/mol. The number of aromatic amines is 1. The number of nitro benzene ring substituents is 1. The number of nitro groups is 1. The van der Waals surface area contributed by atoms with Crippen molar-refractivity contribution in [1.82, 2.24) is 9.97 Å². The van der Waals surface area contributed by atoms with Gasteiger partial charge in [0.15, 0.2) is 0 Å². The van der Waals surface area contributed by atoms with E-state index in [4.69, 9.17) is 0 Å². The summed E-state index contributed by atoms with van der Waals surface area (Å²) >= 11 is 0. The molecule has 8 nitrogen and oxygen atoms in total. The van der Waals surface area contributed by atoms with Crippen molar-refractivity contribution in [2.75, 3.05) is 17.7 Å². The maximum Gasteiger partial charge on any atom is 0.293 e. The number of carbonyl (C=O) groups excluding carboxylic acids is 1. The number of carbonyl (C=O) groups is 1. The van der Waals surface area contributed by atoms with E-state index in [2.05, 4.69) is 20.6 Å². The number of imidazole rings is 1. The molecule has 0 spiro atoms. The van der Waals surface area contributed by atoms with Crippen molar-refractivity contribution in [3.8, 4) is 0 Å². The molecule has 3 N–H and O–H groups in total. The second-order valence-corrected chi connectivity index (χ2v) is 4.80. The van der Waals surface area contributed by atoms with Gasteiger partial charge in [0.2, 0.25) is 5.95 Å². The number of nitrogens with zero attached hydrogens (tertiary/aromatic N) is 2. The van der Waals surface area contributed by atoms with E-state index in [0.29, 0.717) is 5.69 Å². The number of H-pyrrole nitrogens is 1. The van der Waals surface area contributed by atoms with Gasteiger partial charge in [-0.3, -0.25) is 20.2 Å². The van der Waals surface area contributed by atoms with E-state index in [-0.39, 0.29) is 17.2 Å². The number of fused-ring (bicyclic) bond motifs is 1. The van der Waals surface area contributed by atoms with Crippen LogP contribution in [0.15, 0.2) is 42.5 Å². The molecule has 23 heavy (non-hydrogen) atoms. The monoisotopic (exact) mass is 311 g/mol. The number of anilines is 2. The van der Waals surface area contributed by atoms with Gasteiger partial charge in [0.1, 0.15) is 5.69 Å². The molecule has 1 amide bonds. The highest BCUT2D eigenvalue weighted by Crippen LogP contribution is 2.25. The van der Waals surface area contributed by atoms with Crippen LogP contribution in [0, 0.1) is 10.1 Å². The molecule has 0 saturated carbocycles. The molecular formula is C15H13N5O3. The minimum absolute atomic E-state index is 0.162. The van der Waals surface area contributed by atoms with Crippen molar-refractivity contribution in [1.29, 1.82) is 0 Å². The standard InChI is InChI=1S/C15H13N5O3/c1-16-12-7-6-9(8-13(12)20(22)23)14(21)19-15-17-10-4-2-3-5-11(10)18-15/h2-8,16H,1H3,(H2,17,18,19,21). The first-order chi connectivity index (χ1) is 11.1. The fraction of sp³-hybridized carbons (Fsp3) is 0.0667. The Bertz CT molecular complexity index is 870. The second kappa shape index (κ2) is 5.76. The minimum Gasteiger partial charge on any atom is -0.383 e. The molecule has 0 bridgehead atoms. The lowest BCUT2D eigenvalue weighted by atomic mass is 10.1. The molecule has 3 aromatic rings. The Labute approximate surface area is 130 Å². The van der Waals surface area contributed by atoms with E-state index in [0.717, 1.165) is 11.0 Å². The number of amides is 1. The molecule has 0 fully saturated rings. The largest absolute Gasteiger partial charge is 0.383 e. The van der Waals surface area contributed by atoms with Gasteiger partial charge in [0, 0.05) is 18.7 Å². The molecule has 1 aromatic heterocycles. The summed E-state index contributed by atoms with van der Waals surface area (Å²) in [7, 11) is 1.58. The fourth-order valence-electron chi connectivity index (χ4n) is 2.23. The smallest absolute Gasteiger partial charge is 0.293 e. The van der Waals surface area contributed by atoms with Crippen LogP contribution in [0.1, 0.15) is 10.4 Å². The van der Waals surface area contributed by atoms with Crippen LogP contribution in [0.5, 0.6) is 0 Å². The second-order valence-electron chi connectivity index (χ2n) is 4.80. The maximum atomic E-state index is 12.3. The van der Waals surface area contributed by atoms with Crippen molar-refractivity contribution >= 4 is 34.3 Å². The van der Waals surface area contributed by atoms with Crippen molar-refractivity contribution in [2.45, 2.75) is 0 Å². The number of hydrogen-bond acceptors (Lipinski definition) is 5. The molecule has 0 atom stereocenters. The van der Waals surface area contributed by atoms with Crippen LogP contribution < -0.4 is 10.6 Å². The lowest BCUT2D eigenvalue weighted by molar-refractivity contribution is -0.384. The Hall–Kier alpha value is -3.42. The Morgan fingerprint density at radius 1 is 1.26 bits per heavy atom. The zero-order valence-corrected chi connectivity index (χ0v) is 12.2. The van der Waals surface area contributed by atoms with Gasteiger partial charge in [-0.25, -0.2) is 4.98 Å². The van der Waals surface area contributed by atoms with Crippen molar-refractivity contribution in [2.24, 2.45) is 0 Å². The molecule has 116 valence electrons. The van der Waals surface area contributed by atoms with Crippen LogP contribution in [0.25, 0.3) is 11.0 Å². The van der Waals surface area contributed by atoms with Crippen LogP contribution in [-0.2, 0) is 0 Å². The third kappa shape index (κ3) is 2.82. The van der Waals surface area contributed by atoms with Gasteiger partial charge >= 0.3 is 0 Å². The lowest BCUT2D eigenvalue weighted by Crippen LogP contribution is -2.13. The fourth-order valence-corrected chi connectivity index (χ4v) is 2.23. The molecule has 2 aromatic carbocycles. The quantitative estimate of drug-likeness (QED) is 0.506. The van der Waals surface area contributed by atoms with Crippen molar-refractivity contribution in [3.63, 3.8) is 0 Å². The molecule has 0 aliphatic carbocycles. The summed E-state index contributed by atoms with van der Waals surface area (Å²) in [4.78, 5) is 30.0. The molecule has 1 heterocycles. The predicted octanol–water partition coefficient (Wildman–Crippen LogP) is 2.77. The summed E-state index contributed by atoms with van der Waals surface area (Å²) in [6, 6.07) is 11.6. The zero-order valence-electron chi connectivity index (χ0n) is 12.2. The first-order valence-electron chi connectivity index (χ1n) is 6.81. The molecule has 0 radical (unpaired) electrons. The molecule has 0 aliphatic heterocycles. The van der Waals surface area contributed by atoms with Gasteiger partial charge in [0.25, 0.3) is 11.6 Å². The van der Waals surface area contributed by atoms with Crippen LogP contribution in [0.4, 0.5) is 17.3 Å². The van der Waals surface area contributed by atoms with Crippen LogP contribution in [0.3, 0.4) is 0 Å². The number of para-hydroxylation sites is 2. The normalized spacial score (nSPS) is 10.5. The predicted molar refractivity (Wildman–Crippen MR) is 86.7 cm³/mol. The highest BCUT2D eigenvalue weighted by Gasteiger charge is 2.17. The van der Waals surface area contributed by atoms with Gasteiger partial charge in [-0.05, 0) is 24.3 Å². The average Bonchev–Trinajstić information content (AvgIpc) is 2.96. The zero-order chi connectivity index (χ0) is 16.4. The number of hydrogen-bond donors (Lipinski definition) is 3. The number of rotatable bonds is 4. The lowest BCUT2D eigenvalue weighted by Gasteiger charge is -2.05. The Kier molecular flexibility index (Phi) is 3.63. The number of benzene rings is 2. The Morgan fingerprint density at radius 3 is 2.74 bits per heavy atom. The summed E-state index contributed by atoms with van der Waals surface area (Å²) in [6.45, 7) is 0. The van der Waals surface area contributed by atoms with Crippen LogP contribution in [0.2, 0.25) is 0 Å². The van der Waals surface area contributed by atoms with Gasteiger partial charge in [0.05, 0.1) is 16.0 Å². The summed E-state index contributed by atoms with van der Waals surface area (Å²) < 4.78 is 0. The van der Waals surface area contributed by atoms with E-state index in [1.165, 1.54) is 18.2 Å². The first-order valence-corrected chi connectivity index (χ1v) is 6.81. The van der Waals surface area contributed by atoms with Gasteiger partial charge in [-0.1, -0.05) is 12.1 Å². The van der Waals surface area contributed by atoms with E-state index in [9.17, 15) is 14.9 Å². The molecule has 3 rings (SSSR count). The van der Waals surface area contributed by atoms with E-state index in [1.54, 1.807) is 7.05 Å². The van der Waals surface area contributed by atoms with Gasteiger partial charge in [-0.15, -0.1) is 0 Å². The highest BCUT2D eigenvalue weighted by atomic mass is 16.6. The molecule has 8 heteroatoms. The highest BCUT2D eigenvalue weighted by molar-refractivity contribution is 6.04.